The van der Waals surface area contributed by atoms with Gasteiger partial charge in [0.15, 0.2) is 6.10 Å². The number of carbonyl (C=O) groups excluding carboxylic acids is 2. The van der Waals surface area contributed by atoms with Crippen LogP contribution in [0.2, 0.25) is 0 Å². The molecule has 0 radical (unpaired) electrons. The van der Waals surface area contributed by atoms with Crippen LogP contribution in [0.5, 0.6) is 0 Å². The smallest absolute Gasteiger partial charge is 0.355 e. The zero-order valence-corrected chi connectivity index (χ0v) is 12.3. The maximum Gasteiger partial charge on any atom is 0.355 e. The van der Waals surface area contributed by atoms with E-state index in [0.717, 1.165) is 19.3 Å². The van der Waals surface area contributed by atoms with E-state index in [2.05, 4.69) is 12.2 Å². The second-order valence-electron chi connectivity index (χ2n) is 4.82. The van der Waals surface area contributed by atoms with Crippen molar-refractivity contribution >= 4 is 17.6 Å². The van der Waals surface area contributed by atoms with E-state index in [1.807, 2.05) is 0 Å². The Morgan fingerprint density at radius 3 is 2.70 bits per heavy atom. The Bertz CT molecular complexity index is 468. The number of hydrogen-bond donors (Lipinski definition) is 2. The molecule has 0 aliphatic carbocycles. The molecule has 1 heterocycles. The molecule has 0 aromatic carbocycles. The number of rotatable bonds is 7. The van der Waals surface area contributed by atoms with Gasteiger partial charge in [0.1, 0.15) is 5.69 Å². The van der Waals surface area contributed by atoms with Gasteiger partial charge < -0.3 is 20.4 Å². The third-order valence-corrected chi connectivity index (χ3v) is 2.97. The number of nitrogens with one attached hydrogen (secondary N) is 1. The second-order valence-corrected chi connectivity index (χ2v) is 4.82. The molecule has 0 bridgehead atoms. The van der Waals surface area contributed by atoms with E-state index in [4.69, 9.17) is 10.5 Å². The van der Waals surface area contributed by atoms with Crippen LogP contribution in [0.25, 0.3) is 0 Å². The van der Waals surface area contributed by atoms with Crippen LogP contribution in [-0.2, 0) is 16.6 Å². The number of aromatic nitrogens is 1. The summed E-state index contributed by atoms with van der Waals surface area (Å²) < 4.78 is 6.69. The van der Waals surface area contributed by atoms with Gasteiger partial charge in [0.25, 0.3) is 5.91 Å². The summed E-state index contributed by atoms with van der Waals surface area (Å²) in [5, 5.41) is 2.75. The number of nitrogens with zero attached hydrogens (tertiary/aromatic N) is 1. The number of unbranched alkanes of at least 4 members (excludes halogenated alkanes) is 2. The van der Waals surface area contributed by atoms with Crippen molar-refractivity contribution in [3.8, 4) is 0 Å². The highest BCUT2D eigenvalue weighted by Crippen LogP contribution is 2.11. The Hall–Kier alpha value is -1.98. The largest absolute Gasteiger partial charge is 0.448 e. The van der Waals surface area contributed by atoms with Crippen molar-refractivity contribution in [2.75, 3.05) is 12.3 Å². The highest BCUT2D eigenvalue weighted by molar-refractivity contribution is 5.91. The normalized spacial score (nSPS) is 11.9. The van der Waals surface area contributed by atoms with E-state index in [9.17, 15) is 9.59 Å². The summed E-state index contributed by atoms with van der Waals surface area (Å²) in [5.41, 5.74) is 6.40. The van der Waals surface area contributed by atoms with Crippen molar-refractivity contribution < 1.29 is 14.3 Å². The summed E-state index contributed by atoms with van der Waals surface area (Å²) in [4.78, 5) is 23.6. The van der Waals surface area contributed by atoms with Crippen molar-refractivity contribution in [1.82, 2.24) is 9.88 Å². The summed E-state index contributed by atoms with van der Waals surface area (Å²) in [6.07, 6.45) is 3.88. The van der Waals surface area contributed by atoms with Gasteiger partial charge in [-0.2, -0.15) is 0 Å². The highest BCUT2D eigenvalue weighted by Gasteiger charge is 2.20. The summed E-state index contributed by atoms with van der Waals surface area (Å²) >= 11 is 0. The Labute approximate surface area is 119 Å². The molecule has 1 atom stereocenters. The van der Waals surface area contributed by atoms with Crippen molar-refractivity contribution in [2.24, 2.45) is 7.05 Å². The molecular weight excluding hydrogens is 258 g/mol. The summed E-state index contributed by atoms with van der Waals surface area (Å²) in [6, 6.07) is 1.52. The zero-order valence-electron chi connectivity index (χ0n) is 12.3. The minimum Gasteiger partial charge on any atom is -0.448 e. The lowest BCUT2D eigenvalue weighted by Crippen LogP contribution is -2.36. The molecule has 0 saturated heterocycles. The predicted octanol–water partition coefficient (Wildman–Crippen LogP) is 1.46. The molecule has 3 N–H and O–H groups in total. The predicted molar refractivity (Wildman–Crippen MR) is 77.2 cm³/mol. The first-order valence-electron chi connectivity index (χ1n) is 6.86. The number of aryl methyl sites for hydroxylation is 1. The summed E-state index contributed by atoms with van der Waals surface area (Å²) in [5.74, 6) is -0.836. The fraction of sp³-hybridized carbons (Fsp3) is 0.571. The molecule has 1 rings (SSSR count). The van der Waals surface area contributed by atoms with Crippen LogP contribution in [0.3, 0.4) is 0 Å². The lowest BCUT2D eigenvalue weighted by atomic mass is 10.2. The van der Waals surface area contributed by atoms with Crippen molar-refractivity contribution in [3.63, 3.8) is 0 Å². The van der Waals surface area contributed by atoms with Gasteiger partial charge >= 0.3 is 5.97 Å². The van der Waals surface area contributed by atoms with Crippen LogP contribution in [0.4, 0.5) is 5.69 Å². The molecule has 112 valence electrons. The van der Waals surface area contributed by atoms with E-state index in [-0.39, 0.29) is 5.91 Å². The molecule has 0 spiro atoms. The lowest BCUT2D eigenvalue weighted by molar-refractivity contribution is -0.129. The molecule has 1 amide bonds. The van der Waals surface area contributed by atoms with E-state index in [0.29, 0.717) is 17.9 Å². The van der Waals surface area contributed by atoms with Gasteiger partial charge in [0.2, 0.25) is 0 Å². The molecule has 0 aliphatic heterocycles. The third kappa shape index (κ3) is 4.60. The number of anilines is 1. The van der Waals surface area contributed by atoms with Gasteiger partial charge in [0.05, 0.1) is 5.69 Å². The minimum absolute atomic E-state index is 0.281. The van der Waals surface area contributed by atoms with Crippen LogP contribution < -0.4 is 11.1 Å². The molecule has 0 fully saturated rings. The molecule has 20 heavy (non-hydrogen) atoms. The molecule has 6 nitrogen and oxygen atoms in total. The molecule has 0 aliphatic rings. The standard InChI is InChI=1S/C14H23N3O3/c1-4-5-6-7-16-13(18)10(2)20-14(19)12-8-11(15)9-17(12)3/h8-10H,4-7,15H2,1-3H3,(H,16,18). The summed E-state index contributed by atoms with van der Waals surface area (Å²) in [7, 11) is 1.70. The van der Waals surface area contributed by atoms with Crippen LogP contribution >= 0.6 is 0 Å². The maximum atomic E-state index is 11.9. The van der Waals surface area contributed by atoms with Gasteiger partial charge in [-0.3, -0.25) is 4.79 Å². The van der Waals surface area contributed by atoms with Crippen LogP contribution in [0, 0.1) is 0 Å². The van der Waals surface area contributed by atoms with Gasteiger partial charge in [-0.05, 0) is 19.4 Å². The molecule has 0 saturated carbocycles. The molecule has 1 aromatic heterocycles. The number of hydrogen-bond acceptors (Lipinski definition) is 4. The molecule has 1 aromatic rings. The number of nitrogens with two attached hydrogens (primary N) is 1. The van der Waals surface area contributed by atoms with Gasteiger partial charge in [0, 0.05) is 19.8 Å². The highest BCUT2D eigenvalue weighted by atomic mass is 16.5. The third-order valence-electron chi connectivity index (χ3n) is 2.97. The first-order valence-corrected chi connectivity index (χ1v) is 6.86. The van der Waals surface area contributed by atoms with Crippen LogP contribution in [0.1, 0.15) is 43.6 Å². The Balaban J connectivity index is 2.45. The average molecular weight is 281 g/mol. The monoisotopic (exact) mass is 281 g/mol. The lowest BCUT2D eigenvalue weighted by Gasteiger charge is -2.13. The topological polar surface area (TPSA) is 86.3 Å². The Morgan fingerprint density at radius 2 is 2.15 bits per heavy atom. The Kier molecular flexibility index (Phi) is 6.09. The van der Waals surface area contributed by atoms with E-state index in [1.54, 1.807) is 24.7 Å². The Morgan fingerprint density at radius 1 is 1.45 bits per heavy atom. The first kappa shape index (κ1) is 16.1. The van der Waals surface area contributed by atoms with Gasteiger partial charge in [-0.15, -0.1) is 0 Å². The first-order chi connectivity index (χ1) is 9.45. The molecule has 6 heteroatoms. The van der Waals surface area contributed by atoms with Crippen LogP contribution in [-0.4, -0.2) is 29.1 Å². The number of ether oxygens (including phenoxy) is 1. The van der Waals surface area contributed by atoms with E-state index >= 15 is 0 Å². The molecular formula is C14H23N3O3. The average Bonchev–Trinajstić information content (AvgIpc) is 2.73. The fourth-order valence-corrected chi connectivity index (χ4v) is 1.80. The minimum atomic E-state index is -0.819. The van der Waals surface area contributed by atoms with Crippen molar-refractivity contribution in [1.29, 1.82) is 0 Å². The number of nitrogen functional groups attached to an aromatic ring is 1. The van der Waals surface area contributed by atoms with Crippen molar-refractivity contribution in [3.05, 3.63) is 18.0 Å². The zero-order chi connectivity index (χ0) is 15.1. The van der Waals surface area contributed by atoms with Gasteiger partial charge in [-0.25, -0.2) is 4.79 Å². The maximum absolute atomic E-state index is 11.9. The van der Waals surface area contributed by atoms with E-state index < -0.39 is 12.1 Å². The summed E-state index contributed by atoms with van der Waals surface area (Å²) in [6.45, 7) is 4.25. The second kappa shape index (κ2) is 7.57. The fourth-order valence-electron chi connectivity index (χ4n) is 1.80. The number of esters is 1. The van der Waals surface area contributed by atoms with Gasteiger partial charge in [-0.1, -0.05) is 19.8 Å². The number of amides is 1. The van der Waals surface area contributed by atoms with E-state index in [1.165, 1.54) is 6.07 Å². The molecule has 1 unspecified atom stereocenters. The SMILES string of the molecule is CCCCCNC(=O)C(C)OC(=O)c1cc(N)cn1C. The number of carbonyl (C=O) groups is 2. The quantitative estimate of drug-likeness (QED) is 0.585. The van der Waals surface area contributed by atoms with Crippen LogP contribution in [0.15, 0.2) is 12.3 Å². The van der Waals surface area contributed by atoms with Crippen molar-refractivity contribution in [2.45, 2.75) is 39.2 Å².